The minimum atomic E-state index is -0.423. The van der Waals surface area contributed by atoms with Gasteiger partial charge < -0.3 is 25.6 Å². The van der Waals surface area contributed by atoms with Crippen LogP contribution >= 0.6 is 0 Å². The Morgan fingerprint density at radius 2 is 1.73 bits per heavy atom. The van der Waals surface area contributed by atoms with Gasteiger partial charge in [0.25, 0.3) is 5.56 Å². The van der Waals surface area contributed by atoms with Crippen molar-refractivity contribution in [2.24, 2.45) is 0 Å². The van der Waals surface area contributed by atoms with E-state index >= 15 is 0 Å². The topological polar surface area (TPSA) is 114 Å². The van der Waals surface area contributed by atoms with Gasteiger partial charge in [0.15, 0.2) is 5.65 Å². The number of rotatable bonds is 6. The van der Waals surface area contributed by atoms with E-state index in [1.54, 1.807) is 37.6 Å². The van der Waals surface area contributed by atoms with Gasteiger partial charge in [-0.1, -0.05) is 6.07 Å². The number of nitrogen functional groups attached to an aromatic ring is 1. The van der Waals surface area contributed by atoms with Gasteiger partial charge in [-0.15, -0.1) is 0 Å². The molecule has 11 heteroatoms. The maximum atomic E-state index is 13.8. The molecule has 0 bridgehead atoms. The first kappa shape index (κ1) is 26.2. The van der Waals surface area contributed by atoms with Crippen molar-refractivity contribution < 1.29 is 9.13 Å². The molecule has 6 rings (SSSR count). The number of aromatic nitrogens is 4. The number of likely N-dealkylation sites (N-methyl/N-ethyl adjacent to an activating group) is 1. The predicted molar refractivity (Wildman–Crippen MR) is 159 cm³/mol. The first-order valence-corrected chi connectivity index (χ1v) is 13.2. The van der Waals surface area contributed by atoms with Gasteiger partial charge in [-0.2, -0.15) is 4.98 Å². The summed E-state index contributed by atoms with van der Waals surface area (Å²) in [5, 5.41) is 3.23. The average molecular weight is 553 g/mol. The van der Waals surface area contributed by atoms with E-state index in [0.29, 0.717) is 33.9 Å². The van der Waals surface area contributed by atoms with Crippen LogP contribution in [0, 0.1) is 5.82 Å². The summed E-state index contributed by atoms with van der Waals surface area (Å²) in [6, 6.07) is 18.5. The molecule has 1 aliphatic rings. The lowest BCUT2D eigenvalue weighted by atomic mass is 10.1. The predicted octanol–water partition coefficient (Wildman–Crippen LogP) is 4.07. The molecule has 1 saturated heterocycles. The summed E-state index contributed by atoms with van der Waals surface area (Å²) in [5.74, 6) is 0.497. The Hall–Kier alpha value is -5.03. The van der Waals surface area contributed by atoms with Crippen molar-refractivity contribution in [1.82, 2.24) is 24.4 Å². The minimum Gasteiger partial charge on any atom is -0.494 e. The zero-order valence-electron chi connectivity index (χ0n) is 22.7. The fraction of sp³-hybridized carbons (Fsp3) is 0.200. The normalized spacial score (nSPS) is 13.9. The SMILES string of the molecule is COc1cc(N2CCN(C)CC2)ccc1Nc1ncc2nc(-c3ccc(F)cc3)c(=O)n(-c3cccc(N)c3)c2n1. The summed E-state index contributed by atoms with van der Waals surface area (Å²) in [6.45, 7) is 3.88. The van der Waals surface area contributed by atoms with Crippen molar-refractivity contribution in [2.75, 3.05) is 56.3 Å². The minimum absolute atomic E-state index is 0.144. The zero-order chi connectivity index (χ0) is 28.5. The molecule has 1 fully saturated rings. The van der Waals surface area contributed by atoms with Crippen LogP contribution in [-0.2, 0) is 0 Å². The van der Waals surface area contributed by atoms with E-state index in [1.165, 1.54) is 28.8 Å². The van der Waals surface area contributed by atoms with E-state index in [2.05, 4.69) is 37.1 Å². The van der Waals surface area contributed by atoms with Gasteiger partial charge in [0.2, 0.25) is 5.95 Å². The molecule has 3 aromatic carbocycles. The molecule has 0 unspecified atom stereocenters. The number of piperazine rings is 1. The van der Waals surface area contributed by atoms with Crippen molar-refractivity contribution in [2.45, 2.75) is 0 Å². The van der Waals surface area contributed by atoms with E-state index in [0.717, 1.165) is 31.9 Å². The number of nitrogens with one attached hydrogen (secondary N) is 1. The number of anilines is 4. The highest BCUT2D eigenvalue weighted by Crippen LogP contribution is 2.32. The first-order valence-electron chi connectivity index (χ1n) is 13.2. The van der Waals surface area contributed by atoms with Crippen LogP contribution in [0.5, 0.6) is 5.75 Å². The smallest absolute Gasteiger partial charge is 0.283 e. The molecule has 2 aromatic heterocycles. The number of fused-ring (bicyclic) bond motifs is 1. The lowest BCUT2D eigenvalue weighted by Crippen LogP contribution is -2.44. The second-order valence-electron chi connectivity index (χ2n) is 9.91. The van der Waals surface area contributed by atoms with Crippen LogP contribution in [0.25, 0.3) is 28.1 Å². The van der Waals surface area contributed by atoms with Gasteiger partial charge >= 0.3 is 0 Å². The van der Waals surface area contributed by atoms with Crippen LogP contribution in [0.4, 0.5) is 27.4 Å². The van der Waals surface area contributed by atoms with Gasteiger partial charge in [-0.05, 0) is 61.6 Å². The van der Waals surface area contributed by atoms with E-state index in [1.807, 2.05) is 18.2 Å². The van der Waals surface area contributed by atoms with Crippen molar-refractivity contribution in [3.63, 3.8) is 0 Å². The third-order valence-electron chi connectivity index (χ3n) is 7.15. The third-order valence-corrected chi connectivity index (χ3v) is 7.15. The Morgan fingerprint density at radius 1 is 0.951 bits per heavy atom. The average Bonchev–Trinajstić information content (AvgIpc) is 2.98. The fourth-order valence-electron chi connectivity index (χ4n) is 4.90. The molecule has 0 aliphatic carbocycles. The standard InChI is InChI=1S/C30H29FN8O2/c1-37-12-14-38(15-13-37)22-10-11-24(26(17-22)41-2)35-30-33-18-25-28(36-30)39(23-5-3-4-21(32)16-23)29(40)27(34-25)19-6-8-20(31)9-7-19/h3-11,16-18H,12-15,32H2,1-2H3,(H,33,35,36). The van der Waals surface area contributed by atoms with Gasteiger partial charge in [0.05, 0.1) is 24.7 Å². The summed E-state index contributed by atoms with van der Waals surface area (Å²) < 4.78 is 20.7. The van der Waals surface area contributed by atoms with E-state index in [9.17, 15) is 9.18 Å². The number of hydrogen-bond acceptors (Lipinski definition) is 9. The molecule has 0 saturated carbocycles. The van der Waals surface area contributed by atoms with E-state index in [-0.39, 0.29) is 17.3 Å². The highest BCUT2D eigenvalue weighted by molar-refractivity contribution is 5.78. The summed E-state index contributed by atoms with van der Waals surface area (Å²) in [4.78, 5) is 32.2. The fourth-order valence-corrected chi connectivity index (χ4v) is 4.90. The second kappa shape index (κ2) is 10.9. The van der Waals surface area contributed by atoms with Gasteiger partial charge in [0.1, 0.15) is 22.8 Å². The molecular weight excluding hydrogens is 523 g/mol. The quantitative estimate of drug-likeness (QED) is 0.301. The molecule has 5 aromatic rings. The molecule has 208 valence electrons. The van der Waals surface area contributed by atoms with Gasteiger partial charge in [-0.3, -0.25) is 9.36 Å². The molecule has 3 N–H and O–H groups in total. The summed E-state index contributed by atoms with van der Waals surface area (Å²) >= 11 is 0. The Morgan fingerprint density at radius 3 is 2.46 bits per heavy atom. The molecule has 10 nitrogen and oxygen atoms in total. The van der Waals surface area contributed by atoms with Crippen LogP contribution in [0.1, 0.15) is 0 Å². The lowest BCUT2D eigenvalue weighted by Gasteiger charge is -2.34. The Kier molecular flexibility index (Phi) is 6.94. The third kappa shape index (κ3) is 5.27. The monoisotopic (exact) mass is 552 g/mol. The number of nitrogens with two attached hydrogens (primary N) is 1. The van der Waals surface area contributed by atoms with Crippen LogP contribution in [0.15, 0.2) is 77.7 Å². The zero-order valence-corrected chi connectivity index (χ0v) is 22.7. The highest BCUT2D eigenvalue weighted by Gasteiger charge is 2.19. The summed E-state index contributed by atoms with van der Waals surface area (Å²) in [6.07, 6.45) is 1.55. The van der Waals surface area contributed by atoms with Crippen molar-refractivity contribution in [3.05, 3.63) is 89.1 Å². The molecule has 0 radical (unpaired) electrons. The molecule has 0 spiro atoms. The maximum Gasteiger partial charge on any atom is 0.283 e. The molecule has 0 amide bonds. The molecule has 0 atom stereocenters. The van der Waals surface area contributed by atoms with E-state index in [4.69, 9.17) is 10.5 Å². The van der Waals surface area contributed by atoms with E-state index < -0.39 is 11.4 Å². The van der Waals surface area contributed by atoms with Crippen LogP contribution in [0.3, 0.4) is 0 Å². The Labute approximate surface area is 235 Å². The van der Waals surface area contributed by atoms with Gasteiger partial charge in [0, 0.05) is 49.2 Å². The number of nitrogens with zero attached hydrogens (tertiary/aromatic N) is 6. The number of methoxy groups -OCH3 is 1. The summed E-state index contributed by atoms with van der Waals surface area (Å²) in [7, 11) is 3.74. The largest absolute Gasteiger partial charge is 0.494 e. The van der Waals surface area contributed by atoms with Crippen molar-refractivity contribution >= 4 is 34.2 Å². The lowest BCUT2D eigenvalue weighted by molar-refractivity contribution is 0.312. The van der Waals surface area contributed by atoms with Gasteiger partial charge in [-0.25, -0.2) is 14.4 Å². The Bertz CT molecular complexity index is 1780. The number of benzene rings is 3. The molecular formula is C30H29FN8O2. The molecule has 3 heterocycles. The number of halogens is 1. The van der Waals surface area contributed by atoms with Crippen LogP contribution in [-0.4, -0.2) is 64.8 Å². The summed E-state index contributed by atoms with van der Waals surface area (Å²) in [5.41, 5.74) is 9.68. The maximum absolute atomic E-state index is 13.8. The van der Waals surface area contributed by atoms with Crippen LogP contribution in [0.2, 0.25) is 0 Å². The second-order valence-corrected chi connectivity index (χ2v) is 9.91. The van der Waals surface area contributed by atoms with Crippen molar-refractivity contribution in [3.8, 4) is 22.7 Å². The van der Waals surface area contributed by atoms with Crippen molar-refractivity contribution in [1.29, 1.82) is 0 Å². The molecule has 1 aliphatic heterocycles. The highest BCUT2D eigenvalue weighted by atomic mass is 19.1. The number of ether oxygens (including phenoxy) is 1. The van der Waals surface area contributed by atoms with Crippen LogP contribution < -0.4 is 26.2 Å². The first-order chi connectivity index (χ1) is 19.9. The Balaban J connectivity index is 1.42. The molecule has 41 heavy (non-hydrogen) atoms. The number of hydrogen-bond donors (Lipinski definition) is 2.